The fourth-order valence-corrected chi connectivity index (χ4v) is 3.05. The molecule has 25 heavy (non-hydrogen) atoms. The number of hydrogen-bond donors (Lipinski definition) is 1. The Hall–Kier alpha value is -2.66. The molecule has 0 saturated heterocycles. The maximum absolute atomic E-state index is 12.9. The number of carbonyl (C=O) groups is 1. The average Bonchev–Trinajstić information content (AvgIpc) is 3.03. The Morgan fingerprint density at radius 2 is 2.12 bits per heavy atom. The fraction of sp³-hybridized carbons (Fsp3) is 0.300. The molecular formula is C20H23N3O2. The summed E-state index contributed by atoms with van der Waals surface area (Å²) in [6.07, 6.45) is 4.05. The van der Waals surface area contributed by atoms with Crippen molar-refractivity contribution in [3.63, 3.8) is 0 Å². The number of nitrogens with zero attached hydrogens (tertiary/aromatic N) is 2. The van der Waals surface area contributed by atoms with Crippen LogP contribution >= 0.6 is 0 Å². The van der Waals surface area contributed by atoms with Gasteiger partial charge in [0.15, 0.2) is 0 Å². The van der Waals surface area contributed by atoms with Crippen molar-refractivity contribution in [3.05, 3.63) is 65.6 Å². The number of carbonyl (C=O) groups excluding carboxylic acids is 1. The molecule has 0 saturated carbocycles. The van der Waals surface area contributed by atoms with E-state index in [0.29, 0.717) is 26.1 Å². The highest BCUT2D eigenvalue weighted by Gasteiger charge is 2.17. The van der Waals surface area contributed by atoms with Crippen LogP contribution in [0.1, 0.15) is 16.8 Å². The van der Waals surface area contributed by atoms with Gasteiger partial charge in [0.25, 0.3) is 0 Å². The Bertz CT molecular complexity index is 843. The second-order valence-electron chi connectivity index (χ2n) is 6.12. The summed E-state index contributed by atoms with van der Waals surface area (Å²) in [5.41, 5.74) is 4.15. The number of methoxy groups -OCH3 is 1. The van der Waals surface area contributed by atoms with Gasteiger partial charge in [-0.3, -0.25) is 9.78 Å². The molecule has 1 aromatic carbocycles. The van der Waals surface area contributed by atoms with Crippen LogP contribution in [0.5, 0.6) is 0 Å². The van der Waals surface area contributed by atoms with Gasteiger partial charge in [0.2, 0.25) is 5.91 Å². The lowest BCUT2D eigenvalue weighted by atomic mass is 10.0. The minimum Gasteiger partial charge on any atom is -0.383 e. The molecule has 0 radical (unpaired) electrons. The van der Waals surface area contributed by atoms with Crippen molar-refractivity contribution in [2.24, 2.45) is 0 Å². The van der Waals surface area contributed by atoms with Crippen molar-refractivity contribution < 1.29 is 9.53 Å². The number of benzene rings is 1. The number of aromatic amines is 1. The number of aryl methyl sites for hydroxylation is 1. The monoisotopic (exact) mass is 337 g/mol. The molecule has 1 N–H and O–H groups in total. The van der Waals surface area contributed by atoms with Gasteiger partial charge in [-0.05, 0) is 36.2 Å². The van der Waals surface area contributed by atoms with E-state index in [-0.39, 0.29) is 5.91 Å². The minimum atomic E-state index is 0.0758. The normalized spacial score (nSPS) is 11.0. The lowest BCUT2D eigenvalue weighted by Crippen LogP contribution is -2.34. The van der Waals surface area contributed by atoms with E-state index in [1.807, 2.05) is 41.4 Å². The third-order valence-corrected chi connectivity index (χ3v) is 4.33. The number of rotatable bonds is 7. The Morgan fingerprint density at radius 1 is 1.24 bits per heavy atom. The van der Waals surface area contributed by atoms with Gasteiger partial charge in [0.1, 0.15) is 0 Å². The largest absolute Gasteiger partial charge is 0.383 e. The Balaban J connectivity index is 1.79. The van der Waals surface area contributed by atoms with Crippen LogP contribution in [0.25, 0.3) is 10.9 Å². The number of fused-ring (bicyclic) bond motifs is 1. The van der Waals surface area contributed by atoms with Gasteiger partial charge < -0.3 is 14.6 Å². The Kier molecular flexibility index (Phi) is 5.46. The first-order valence-corrected chi connectivity index (χ1v) is 8.41. The van der Waals surface area contributed by atoms with Crippen LogP contribution in [0.15, 0.2) is 48.8 Å². The lowest BCUT2D eigenvalue weighted by Gasteiger charge is -2.22. The van der Waals surface area contributed by atoms with Gasteiger partial charge in [-0.25, -0.2) is 0 Å². The molecule has 3 aromatic rings. The molecule has 130 valence electrons. The number of H-pyrrole nitrogens is 1. The summed E-state index contributed by atoms with van der Waals surface area (Å²) in [4.78, 5) is 22.3. The summed E-state index contributed by atoms with van der Waals surface area (Å²) < 4.78 is 5.16. The van der Waals surface area contributed by atoms with Gasteiger partial charge in [0, 0.05) is 37.0 Å². The van der Waals surface area contributed by atoms with E-state index in [1.54, 1.807) is 13.3 Å². The van der Waals surface area contributed by atoms with E-state index >= 15 is 0 Å². The van der Waals surface area contributed by atoms with Gasteiger partial charge in [-0.15, -0.1) is 0 Å². The van der Waals surface area contributed by atoms with Crippen LogP contribution in [0.2, 0.25) is 0 Å². The van der Waals surface area contributed by atoms with Gasteiger partial charge in [-0.2, -0.15) is 0 Å². The molecule has 0 aliphatic carbocycles. The zero-order chi connectivity index (χ0) is 17.6. The highest BCUT2D eigenvalue weighted by Crippen LogP contribution is 2.23. The van der Waals surface area contributed by atoms with Crippen LogP contribution in [0, 0.1) is 6.92 Å². The second-order valence-corrected chi connectivity index (χ2v) is 6.12. The van der Waals surface area contributed by atoms with Crippen LogP contribution in [0.4, 0.5) is 0 Å². The summed E-state index contributed by atoms with van der Waals surface area (Å²) in [7, 11) is 1.65. The molecule has 3 rings (SSSR count). The zero-order valence-corrected chi connectivity index (χ0v) is 14.7. The molecule has 2 aromatic heterocycles. The Labute approximate surface area is 147 Å². The van der Waals surface area contributed by atoms with Crippen molar-refractivity contribution in [2.45, 2.75) is 19.9 Å². The number of amides is 1. The van der Waals surface area contributed by atoms with Crippen molar-refractivity contribution in [1.82, 2.24) is 14.9 Å². The predicted molar refractivity (Wildman–Crippen MR) is 98.3 cm³/mol. The van der Waals surface area contributed by atoms with Crippen LogP contribution < -0.4 is 0 Å². The number of hydrogen-bond acceptors (Lipinski definition) is 3. The summed E-state index contributed by atoms with van der Waals surface area (Å²) in [5.74, 6) is 0.0758. The van der Waals surface area contributed by atoms with E-state index in [2.05, 4.69) is 23.0 Å². The molecule has 5 nitrogen and oxygen atoms in total. The molecule has 2 heterocycles. The number of pyridine rings is 1. The summed E-state index contributed by atoms with van der Waals surface area (Å²) in [6, 6.07) is 11.9. The molecule has 5 heteroatoms. The molecule has 0 aliphatic heterocycles. The van der Waals surface area contributed by atoms with Crippen LogP contribution in [-0.4, -0.2) is 41.0 Å². The minimum absolute atomic E-state index is 0.0758. The van der Waals surface area contributed by atoms with Crippen molar-refractivity contribution in [3.8, 4) is 0 Å². The molecule has 1 amide bonds. The summed E-state index contributed by atoms with van der Waals surface area (Å²) in [5, 5.41) is 1.14. The number of ether oxygens (including phenoxy) is 1. The summed E-state index contributed by atoms with van der Waals surface area (Å²) >= 11 is 0. The average molecular weight is 337 g/mol. The van der Waals surface area contributed by atoms with E-state index in [1.165, 1.54) is 5.56 Å². The maximum Gasteiger partial charge on any atom is 0.227 e. The SMILES string of the molecule is COCCN(Cc1ccccn1)C(=O)Cc1c[nH]c2cccc(C)c12. The molecule has 0 aliphatic rings. The third kappa shape index (κ3) is 4.06. The zero-order valence-electron chi connectivity index (χ0n) is 14.7. The smallest absolute Gasteiger partial charge is 0.227 e. The van der Waals surface area contributed by atoms with Crippen molar-refractivity contribution in [2.75, 3.05) is 20.3 Å². The maximum atomic E-state index is 12.9. The van der Waals surface area contributed by atoms with Crippen LogP contribution in [0.3, 0.4) is 0 Å². The number of aromatic nitrogens is 2. The third-order valence-electron chi connectivity index (χ3n) is 4.33. The predicted octanol–water partition coefficient (Wildman–Crippen LogP) is 3.09. The van der Waals surface area contributed by atoms with E-state index in [4.69, 9.17) is 4.74 Å². The Morgan fingerprint density at radius 3 is 2.88 bits per heavy atom. The topological polar surface area (TPSA) is 58.2 Å². The first-order chi connectivity index (χ1) is 12.2. The first-order valence-electron chi connectivity index (χ1n) is 8.41. The number of nitrogens with one attached hydrogen (secondary N) is 1. The lowest BCUT2D eigenvalue weighted by molar-refractivity contribution is -0.131. The molecule has 0 bridgehead atoms. The molecule has 0 atom stereocenters. The molecule has 0 unspecified atom stereocenters. The standard InChI is InChI=1S/C20H23N3O2/c1-15-6-5-8-18-20(15)16(13-22-18)12-19(24)23(10-11-25-2)14-17-7-3-4-9-21-17/h3-9,13,22H,10-12,14H2,1-2H3. The van der Waals surface area contributed by atoms with Crippen molar-refractivity contribution >= 4 is 16.8 Å². The van der Waals surface area contributed by atoms with E-state index in [0.717, 1.165) is 22.2 Å². The molecule has 0 spiro atoms. The van der Waals surface area contributed by atoms with Gasteiger partial charge in [0.05, 0.1) is 25.3 Å². The quantitative estimate of drug-likeness (QED) is 0.721. The van der Waals surface area contributed by atoms with Gasteiger partial charge in [-0.1, -0.05) is 18.2 Å². The van der Waals surface area contributed by atoms with Gasteiger partial charge >= 0.3 is 0 Å². The second kappa shape index (κ2) is 7.94. The van der Waals surface area contributed by atoms with E-state index in [9.17, 15) is 4.79 Å². The van der Waals surface area contributed by atoms with E-state index < -0.39 is 0 Å². The van der Waals surface area contributed by atoms with Crippen molar-refractivity contribution in [1.29, 1.82) is 0 Å². The first kappa shape index (κ1) is 17.2. The van der Waals surface area contributed by atoms with Crippen LogP contribution in [-0.2, 0) is 22.5 Å². The fourth-order valence-electron chi connectivity index (χ4n) is 3.05. The highest BCUT2D eigenvalue weighted by atomic mass is 16.5. The molecular weight excluding hydrogens is 314 g/mol. The summed E-state index contributed by atoms with van der Waals surface area (Å²) in [6.45, 7) is 3.61. The molecule has 0 fully saturated rings. The highest BCUT2D eigenvalue weighted by molar-refractivity contribution is 5.91.